The average Bonchev–Trinajstić information content (AvgIpc) is 2.76. The van der Waals surface area contributed by atoms with E-state index in [1.165, 1.54) is 0 Å². The summed E-state index contributed by atoms with van der Waals surface area (Å²) in [5, 5.41) is 5.52. The van der Waals surface area contributed by atoms with E-state index in [2.05, 4.69) is 21.0 Å². The second-order valence-corrected chi connectivity index (χ2v) is 6.03. The van der Waals surface area contributed by atoms with Crippen molar-refractivity contribution in [1.29, 1.82) is 0 Å². The van der Waals surface area contributed by atoms with Crippen LogP contribution < -0.4 is 0 Å². The van der Waals surface area contributed by atoms with Crippen LogP contribution in [0, 0.1) is 6.92 Å². The number of aryl methyl sites for hydroxylation is 2. The molecule has 21 heavy (non-hydrogen) atoms. The van der Waals surface area contributed by atoms with E-state index in [9.17, 15) is 4.79 Å². The Balaban J connectivity index is 1.97. The molecule has 0 saturated heterocycles. The highest BCUT2D eigenvalue weighted by molar-refractivity contribution is 9.10. The van der Waals surface area contributed by atoms with Gasteiger partial charge in [-0.3, -0.25) is 9.48 Å². The van der Waals surface area contributed by atoms with Crippen LogP contribution in [-0.4, -0.2) is 15.6 Å². The number of rotatable bonds is 3. The number of benzene rings is 2. The summed E-state index contributed by atoms with van der Waals surface area (Å²) in [6.07, 6.45) is 0.309. The maximum Gasteiger partial charge on any atom is 0.170 e. The van der Waals surface area contributed by atoms with Crippen LogP contribution in [0.4, 0.5) is 0 Å². The fourth-order valence-corrected chi connectivity index (χ4v) is 3.23. The Morgan fingerprint density at radius 2 is 2.00 bits per heavy atom. The van der Waals surface area contributed by atoms with Crippen LogP contribution >= 0.6 is 15.9 Å². The summed E-state index contributed by atoms with van der Waals surface area (Å²) in [5.41, 5.74) is 3.70. The Morgan fingerprint density at radius 3 is 2.76 bits per heavy atom. The minimum Gasteiger partial charge on any atom is -0.294 e. The number of nitrogens with zero attached hydrogens (tertiary/aromatic N) is 2. The fraction of sp³-hybridized carbons (Fsp3) is 0.176. The summed E-state index contributed by atoms with van der Waals surface area (Å²) >= 11 is 3.47. The zero-order valence-electron chi connectivity index (χ0n) is 11.9. The second kappa shape index (κ2) is 5.45. The average molecular weight is 343 g/mol. The first-order chi connectivity index (χ1) is 10.1. The fourth-order valence-electron chi connectivity index (χ4n) is 2.51. The second-order valence-electron chi connectivity index (χ2n) is 5.17. The maximum absolute atomic E-state index is 12.5. The third-order valence-corrected chi connectivity index (χ3v) is 4.24. The van der Waals surface area contributed by atoms with Crippen molar-refractivity contribution in [3.63, 3.8) is 0 Å². The molecule has 3 aromatic rings. The molecule has 0 saturated carbocycles. The zero-order valence-corrected chi connectivity index (χ0v) is 13.5. The minimum absolute atomic E-state index is 0.0747. The molecule has 0 fully saturated rings. The highest BCUT2D eigenvalue weighted by Crippen LogP contribution is 2.23. The largest absolute Gasteiger partial charge is 0.294 e. The molecule has 0 bridgehead atoms. The highest BCUT2D eigenvalue weighted by atomic mass is 79.9. The summed E-state index contributed by atoms with van der Waals surface area (Å²) < 4.78 is 2.66. The molecular weight excluding hydrogens is 328 g/mol. The summed E-state index contributed by atoms with van der Waals surface area (Å²) in [5.74, 6) is 0.0747. The lowest BCUT2D eigenvalue weighted by atomic mass is 10.0. The van der Waals surface area contributed by atoms with Gasteiger partial charge in [0.15, 0.2) is 5.78 Å². The molecule has 0 spiro atoms. The van der Waals surface area contributed by atoms with Crippen LogP contribution in [0.2, 0.25) is 0 Å². The van der Waals surface area contributed by atoms with Crippen molar-refractivity contribution in [3.05, 3.63) is 63.8 Å². The first kappa shape index (κ1) is 14.0. The number of hydrogen-bond acceptors (Lipinski definition) is 2. The van der Waals surface area contributed by atoms with Gasteiger partial charge < -0.3 is 0 Å². The van der Waals surface area contributed by atoms with Crippen molar-refractivity contribution < 1.29 is 4.79 Å². The predicted octanol–water partition coefficient (Wildman–Crippen LogP) is 4.07. The Labute approximate surface area is 131 Å². The number of aromatic nitrogens is 2. The van der Waals surface area contributed by atoms with E-state index in [4.69, 9.17) is 0 Å². The van der Waals surface area contributed by atoms with Crippen molar-refractivity contribution >= 4 is 32.6 Å². The lowest BCUT2D eigenvalue weighted by Gasteiger charge is -2.04. The van der Waals surface area contributed by atoms with Gasteiger partial charge >= 0.3 is 0 Å². The van der Waals surface area contributed by atoms with Crippen LogP contribution in [0.25, 0.3) is 10.9 Å². The van der Waals surface area contributed by atoms with Crippen LogP contribution in [0.15, 0.2) is 46.9 Å². The standard InChI is InChI=1S/C17H15BrN2O/c1-11-7-8-12(14(18)9-11)17(21)10-15-13-5-3-4-6-16(13)20(2)19-15/h3-9H,10H2,1-2H3. The van der Waals surface area contributed by atoms with E-state index in [-0.39, 0.29) is 5.78 Å². The summed E-state index contributed by atoms with van der Waals surface area (Å²) in [6, 6.07) is 13.8. The molecule has 0 N–H and O–H groups in total. The molecule has 3 rings (SSSR count). The third-order valence-electron chi connectivity index (χ3n) is 3.59. The summed E-state index contributed by atoms with van der Waals surface area (Å²) in [6.45, 7) is 2.01. The summed E-state index contributed by atoms with van der Waals surface area (Å²) in [7, 11) is 1.90. The number of carbonyl (C=O) groups excluding carboxylic acids is 1. The number of hydrogen-bond donors (Lipinski definition) is 0. The Kier molecular flexibility index (Phi) is 3.64. The van der Waals surface area contributed by atoms with Crippen molar-refractivity contribution in [3.8, 4) is 0 Å². The molecule has 2 aromatic carbocycles. The quantitative estimate of drug-likeness (QED) is 0.672. The molecule has 0 atom stereocenters. The Morgan fingerprint density at radius 1 is 1.24 bits per heavy atom. The number of ketones is 1. The lowest BCUT2D eigenvalue weighted by Crippen LogP contribution is -2.06. The smallest absolute Gasteiger partial charge is 0.170 e. The van der Waals surface area contributed by atoms with Gasteiger partial charge in [0.1, 0.15) is 0 Å². The van der Waals surface area contributed by atoms with E-state index in [0.29, 0.717) is 12.0 Å². The number of Topliss-reactive ketones (excluding diaryl/α,β-unsaturated/α-hetero) is 1. The van der Waals surface area contributed by atoms with Gasteiger partial charge in [0.2, 0.25) is 0 Å². The first-order valence-corrected chi connectivity index (χ1v) is 7.55. The van der Waals surface area contributed by atoms with Crippen LogP contribution in [-0.2, 0) is 13.5 Å². The molecule has 0 aliphatic carbocycles. The molecule has 106 valence electrons. The third kappa shape index (κ3) is 2.63. The zero-order chi connectivity index (χ0) is 15.0. The van der Waals surface area contributed by atoms with E-state index < -0.39 is 0 Å². The van der Waals surface area contributed by atoms with E-state index in [1.807, 2.05) is 61.1 Å². The van der Waals surface area contributed by atoms with Crippen LogP contribution in [0.5, 0.6) is 0 Å². The SMILES string of the molecule is Cc1ccc(C(=O)Cc2nn(C)c3ccccc23)c(Br)c1. The molecule has 0 radical (unpaired) electrons. The monoisotopic (exact) mass is 342 g/mol. The molecule has 0 amide bonds. The molecular formula is C17H15BrN2O. The van der Waals surface area contributed by atoms with Gasteiger partial charge in [-0.2, -0.15) is 5.10 Å². The van der Waals surface area contributed by atoms with Crippen molar-refractivity contribution in [2.75, 3.05) is 0 Å². The van der Waals surface area contributed by atoms with Gasteiger partial charge in [-0.15, -0.1) is 0 Å². The van der Waals surface area contributed by atoms with Gasteiger partial charge in [-0.05, 0) is 30.7 Å². The van der Waals surface area contributed by atoms with Gasteiger partial charge in [0, 0.05) is 22.5 Å². The molecule has 1 heterocycles. The van der Waals surface area contributed by atoms with Crippen molar-refractivity contribution in [1.82, 2.24) is 9.78 Å². The molecule has 4 heteroatoms. The van der Waals surface area contributed by atoms with Crippen LogP contribution in [0.1, 0.15) is 21.6 Å². The molecule has 0 aliphatic rings. The lowest BCUT2D eigenvalue weighted by molar-refractivity contribution is 0.0991. The first-order valence-electron chi connectivity index (χ1n) is 6.76. The summed E-state index contributed by atoms with van der Waals surface area (Å²) in [4.78, 5) is 12.5. The van der Waals surface area contributed by atoms with Gasteiger partial charge in [-0.1, -0.05) is 40.2 Å². The highest BCUT2D eigenvalue weighted by Gasteiger charge is 2.15. The van der Waals surface area contributed by atoms with Gasteiger partial charge in [0.05, 0.1) is 17.6 Å². The molecule has 0 unspecified atom stereocenters. The number of halogens is 1. The minimum atomic E-state index is 0.0747. The number of fused-ring (bicyclic) bond motifs is 1. The normalized spacial score (nSPS) is 11.0. The number of para-hydroxylation sites is 1. The van der Waals surface area contributed by atoms with Gasteiger partial charge in [0.25, 0.3) is 0 Å². The Bertz CT molecular complexity index is 836. The Hall–Kier alpha value is -1.94. The van der Waals surface area contributed by atoms with E-state index in [0.717, 1.165) is 26.6 Å². The van der Waals surface area contributed by atoms with E-state index in [1.54, 1.807) is 0 Å². The predicted molar refractivity (Wildman–Crippen MR) is 87.6 cm³/mol. The van der Waals surface area contributed by atoms with Crippen molar-refractivity contribution in [2.45, 2.75) is 13.3 Å². The van der Waals surface area contributed by atoms with Gasteiger partial charge in [-0.25, -0.2) is 0 Å². The van der Waals surface area contributed by atoms with Crippen molar-refractivity contribution in [2.24, 2.45) is 7.05 Å². The number of carbonyl (C=O) groups is 1. The molecule has 1 aromatic heterocycles. The maximum atomic E-state index is 12.5. The van der Waals surface area contributed by atoms with Crippen LogP contribution in [0.3, 0.4) is 0 Å². The molecule has 3 nitrogen and oxygen atoms in total. The topological polar surface area (TPSA) is 34.9 Å². The molecule has 0 aliphatic heterocycles. The van der Waals surface area contributed by atoms with E-state index >= 15 is 0 Å².